The number of rotatable bonds is 1. The van der Waals surface area contributed by atoms with E-state index in [1.807, 2.05) is 6.07 Å². The SMILES string of the molecule is c1cc2c(c(-c3ccc4c(c3)OCCCO4)c1)NCCC2. The van der Waals surface area contributed by atoms with E-state index in [-0.39, 0.29) is 0 Å². The molecule has 2 aromatic rings. The number of hydrogen-bond acceptors (Lipinski definition) is 3. The van der Waals surface area contributed by atoms with E-state index in [2.05, 4.69) is 35.6 Å². The van der Waals surface area contributed by atoms with Crippen LogP contribution in [0.15, 0.2) is 36.4 Å². The first kappa shape index (κ1) is 12.6. The summed E-state index contributed by atoms with van der Waals surface area (Å²) in [6.07, 6.45) is 3.30. The summed E-state index contributed by atoms with van der Waals surface area (Å²) in [5.41, 5.74) is 5.12. The molecule has 0 aromatic heterocycles. The van der Waals surface area contributed by atoms with Crippen LogP contribution in [0.1, 0.15) is 18.4 Å². The van der Waals surface area contributed by atoms with Gasteiger partial charge in [0.2, 0.25) is 0 Å². The van der Waals surface area contributed by atoms with Gasteiger partial charge in [0.1, 0.15) is 0 Å². The maximum absolute atomic E-state index is 5.81. The van der Waals surface area contributed by atoms with Crippen molar-refractivity contribution in [1.29, 1.82) is 0 Å². The molecule has 108 valence electrons. The summed E-state index contributed by atoms with van der Waals surface area (Å²) in [7, 11) is 0. The third kappa shape index (κ3) is 2.33. The summed E-state index contributed by atoms with van der Waals surface area (Å²) < 4.78 is 11.5. The van der Waals surface area contributed by atoms with Crippen LogP contribution in [0.3, 0.4) is 0 Å². The Hall–Kier alpha value is -2.16. The molecule has 0 unspecified atom stereocenters. The number of hydrogen-bond donors (Lipinski definition) is 1. The molecular formula is C18H19NO2. The summed E-state index contributed by atoms with van der Waals surface area (Å²) in [6, 6.07) is 12.8. The minimum atomic E-state index is 0.724. The summed E-state index contributed by atoms with van der Waals surface area (Å²) in [4.78, 5) is 0. The Labute approximate surface area is 124 Å². The highest BCUT2D eigenvalue weighted by molar-refractivity contribution is 5.82. The average molecular weight is 281 g/mol. The molecule has 0 bridgehead atoms. The fourth-order valence-corrected chi connectivity index (χ4v) is 3.08. The number of fused-ring (bicyclic) bond motifs is 2. The molecule has 0 fully saturated rings. The molecule has 3 heteroatoms. The van der Waals surface area contributed by atoms with Gasteiger partial charge >= 0.3 is 0 Å². The molecule has 2 aliphatic rings. The lowest BCUT2D eigenvalue weighted by molar-refractivity contribution is 0.297. The van der Waals surface area contributed by atoms with Crippen molar-refractivity contribution < 1.29 is 9.47 Å². The smallest absolute Gasteiger partial charge is 0.161 e. The van der Waals surface area contributed by atoms with Crippen LogP contribution in [0, 0.1) is 0 Å². The molecule has 1 N–H and O–H groups in total. The lowest BCUT2D eigenvalue weighted by Crippen LogP contribution is -2.12. The third-order valence-electron chi connectivity index (χ3n) is 4.13. The van der Waals surface area contributed by atoms with Gasteiger partial charge in [-0.3, -0.25) is 0 Å². The van der Waals surface area contributed by atoms with Gasteiger partial charge in [0, 0.05) is 24.2 Å². The summed E-state index contributed by atoms with van der Waals surface area (Å²) in [6.45, 7) is 2.50. The molecule has 0 amide bonds. The quantitative estimate of drug-likeness (QED) is 0.860. The summed E-state index contributed by atoms with van der Waals surface area (Å²) in [5.74, 6) is 1.72. The molecule has 0 saturated carbocycles. The van der Waals surface area contributed by atoms with Crippen molar-refractivity contribution in [3.8, 4) is 22.6 Å². The van der Waals surface area contributed by atoms with E-state index in [4.69, 9.17) is 9.47 Å². The summed E-state index contributed by atoms with van der Waals surface area (Å²) in [5, 5.41) is 3.55. The lowest BCUT2D eigenvalue weighted by Gasteiger charge is -2.21. The predicted molar refractivity (Wildman–Crippen MR) is 84.3 cm³/mol. The Morgan fingerprint density at radius 2 is 1.81 bits per heavy atom. The largest absolute Gasteiger partial charge is 0.490 e. The second-order valence-electron chi connectivity index (χ2n) is 5.58. The van der Waals surface area contributed by atoms with Gasteiger partial charge in [-0.05, 0) is 36.1 Å². The van der Waals surface area contributed by atoms with E-state index in [0.717, 1.165) is 44.1 Å². The highest BCUT2D eigenvalue weighted by Gasteiger charge is 2.16. The van der Waals surface area contributed by atoms with E-state index in [9.17, 15) is 0 Å². The number of para-hydroxylation sites is 1. The number of aryl methyl sites for hydroxylation is 1. The molecule has 2 aliphatic heterocycles. The minimum absolute atomic E-state index is 0.724. The second kappa shape index (κ2) is 5.32. The van der Waals surface area contributed by atoms with E-state index >= 15 is 0 Å². The first-order valence-corrected chi connectivity index (χ1v) is 7.67. The Bertz CT molecular complexity index is 666. The van der Waals surface area contributed by atoms with Crippen LogP contribution < -0.4 is 14.8 Å². The molecule has 0 saturated heterocycles. The van der Waals surface area contributed by atoms with Gasteiger partial charge in [-0.2, -0.15) is 0 Å². The Balaban J connectivity index is 1.79. The Kier molecular flexibility index (Phi) is 3.18. The minimum Gasteiger partial charge on any atom is -0.490 e. The van der Waals surface area contributed by atoms with Crippen molar-refractivity contribution in [2.24, 2.45) is 0 Å². The first-order valence-electron chi connectivity index (χ1n) is 7.67. The van der Waals surface area contributed by atoms with Gasteiger partial charge in [0.05, 0.1) is 13.2 Å². The van der Waals surface area contributed by atoms with Gasteiger partial charge in [-0.15, -0.1) is 0 Å². The zero-order chi connectivity index (χ0) is 14.1. The van der Waals surface area contributed by atoms with E-state index in [1.165, 1.54) is 28.8 Å². The predicted octanol–water partition coefficient (Wildman–Crippen LogP) is 3.87. The fourth-order valence-electron chi connectivity index (χ4n) is 3.08. The summed E-state index contributed by atoms with van der Waals surface area (Å²) >= 11 is 0. The van der Waals surface area contributed by atoms with Crippen molar-refractivity contribution in [3.05, 3.63) is 42.0 Å². The molecule has 2 heterocycles. The molecule has 0 atom stereocenters. The third-order valence-corrected chi connectivity index (χ3v) is 4.13. The highest BCUT2D eigenvalue weighted by Crippen LogP contribution is 2.38. The van der Waals surface area contributed by atoms with Crippen molar-refractivity contribution in [3.63, 3.8) is 0 Å². The molecule has 21 heavy (non-hydrogen) atoms. The van der Waals surface area contributed by atoms with Crippen LogP contribution in [0.2, 0.25) is 0 Å². The van der Waals surface area contributed by atoms with Crippen molar-refractivity contribution >= 4 is 5.69 Å². The lowest BCUT2D eigenvalue weighted by atomic mass is 9.95. The number of nitrogens with one attached hydrogen (secondary N) is 1. The van der Waals surface area contributed by atoms with E-state index in [0.29, 0.717) is 0 Å². The Morgan fingerprint density at radius 3 is 2.76 bits per heavy atom. The van der Waals surface area contributed by atoms with Gasteiger partial charge in [-0.1, -0.05) is 24.3 Å². The molecular weight excluding hydrogens is 262 g/mol. The maximum atomic E-state index is 5.81. The van der Waals surface area contributed by atoms with Crippen LogP contribution in [-0.4, -0.2) is 19.8 Å². The van der Waals surface area contributed by atoms with Crippen molar-refractivity contribution in [2.45, 2.75) is 19.3 Å². The van der Waals surface area contributed by atoms with Crippen LogP contribution in [0.25, 0.3) is 11.1 Å². The van der Waals surface area contributed by atoms with Gasteiger partial charge in [0.15, 0.2) is 11.5 Å². The van der Waals surface area contributed by atoms with Crippen LogP contribution >= 0.6 is 0 Å². The molecule has 0 spiro atoms. The van der Waals surface area contributed by atoms with Crippen LogP contribution in [-0.2, 0) is 6.42 Å². The van der Waals surface area contributed by atoms with Gasteiger partial charge in [0.25, 0.3) is 0 Å². The first-order chi connectivity index (χ1) is 10.4. The van der Waals surface area contributed by atoms with Crippen molar-refractivity contribution in [2.75, 3.05) is 25.1 Å². The highest BCUT2D eigenvalue weighted by atomic mass is 16.5. The second-order valence-corrected chi connectivity index (χ2v) is 5.58. The molecule has 2 aromatic carbocycles. The molecule has 0 radical (unpaired) electrons. The van der Waals surface area contributed by atoms with E-state index < -0.39 is 0 Å². The average Bonchev–Trinajstić information content (AvgIpc) is 2.79. The normalized spacial score (nSPS) is 16.6. The molecule has 0 aliphatic carbocycles. The number of anilines is 1. The Morgan fingerprint density at radius 1 is 0.905 bits per heavy atom. The van der Waals surface area contributed by atoms with Crippen molar-refractivity contribution in [1.82, 2.24) is 0 Å². The fraction of sp³-hybridized carbons (Fsp3) is 0.333. The zero-order valence-corrected chi connectivity index (χ0v) is 12.0. The monoisotopic (exact) mass is 281 g/mol. The zero-order valence-electron chi connectivity index (χ0n) is 12.0. The topological polar surface area (TPSA) is 30.5 Å². The van der Waals surface area contributed by atoms with Gasteiger partial charge < -0.3 is 14.8 Å². The van der Waals surface area contributed by atoms with E-state index in [1.54, 1.807) is 0 Å². The number of benzene rings is 2. The number of ether oxygens (including phenoxy) is 2. The molecule has 4 rings (SSSR count). The maximum Gasteiger partial charge on any atom is 0.161 e. The van der Waals surface area contributed by atoms with Gasteiger partial charge in [-0.25, -0.2) is 0 Å². The standard InChI is InChI=1S/C18H19NO2/c1-4-13-5-2-9-19-18(13)15(6-1)14-7-8-16-17(12-14)21-11-3-10-20-16/h1,4,6-8,12,19H,2-3,5,9-11H2. The van der Waals surface area contributed by atoms with Crippen LogP contribution in [0.5, 0.6) is 11.5 Å². The van der Waals surface area contributed by atoms with Crippen LogP contribution in [0.4, 0.5) is 5.69 Å². The molecule has 3 nitrogen and oxygen atoms in total.